The molecule has 0 aliphatic rings. The Bertz CT molecular complexity index is 555. The molecule has 0 saturated heterocycles. The second-order valence-electron chi connectivity index (χ2n) is 4.22. The molecule has 0 bridgehead atoms. The lowest BCUT2D eigenvalue weighted by Crippen LogP contribution is -2.21. The lowest BCUT2D eigenvalue weighted by molar-refractivity contribution is 0.630. The molecule has 0 aliphatic heterocycles. The first-order valence-corrected chi connectivity index (χ1v) is 7.60. The summed E-state index contributed by atoms with van der Waals surface area (Å²) in [6.45, 7) is 2.96. The van der Waals surface area contributed by atoms with Gasteiger partial charge in [-0.05, 0) is 57.9 Å². The summed E-state index contributed by atoms with van der Waals surface area (Å²) in [4.78, 5) is 0. The van der Waals surface area contributed by atoms with Gasteiger partial charge >= 0.3 is 0 Å². The molecular weight excluding hydrogens is 345 g/mol. The highest BCUT2D eigenvalue weighted by Crippen LogP contribution is 2.29. The fraction of sp³-hybridized carbons (Fsp3) is 0.200. The van der Waals surface area contributed by atoms with Crippen molar-refractivity contribution >= 4 is 39.1 Å². The van der Waals surface area contributed by atoms with Crippen LogP contribution in [0.5, 0.6) is 0 Å². The molecule has 100 valence electrons. The van der Waals surface area contributed by atoms with Gasteiger partial charge in [-0.3, -0.25) is 0 Å². The molecule has 0 aliphatic carbocycles. The minimum atomic E-state index is 0.118. The zero-order chi connectivity index (χ0) is 13.8. The molecule has 0 radical (unpaired) electrons. The zero-order valence-electron chi connectivity index (χ0n) is 10.5. The molecule has 0 heterocycles. The van der Waals surface area contributed by atoms with Crippen LogP contribution in [-0.2, 0) is 0 Å². The van der Waals surface area contributed by atoms with Crippen molar-refractivity contribution in [2.75, 3.05) is 6.54 Å². The van der Waals surface area contributed by atoms with E-state index >= 15 is 0 Å². The Morgan fingerprint density at radius 3 is 2.26 bits per heavy atom. The first-order valence-electron chi connectivity index (χ1n) is 6.05. The van der Waals surface area contributed by atoms with Gasteiger partial charge in [-0.15, -0.1) is 0 Å². The van der Waals surface area contributed by atoms with Crippen molar-refractivity contribution in [2.24, 2.45) is 0 Å². The third kappa shape index (κ3) is 3.73. The van der Waals surface area contributed by atoms with Crippen molar-refractivity contribution in [3.05, 3.63) is 68.1 Å². The van der Waals surface area contributed by atoms with Crippen molar-refractivity contribution in [2.45, 2.75) is 13.0 Å². The highest BCUT2D eigenvalue weighted by Gasteiger charge is 2.13. The van der Waals surface area contributed by atoms with Crippen LogP contribution in [0.15, 0.2) is 46.9 Å². The topological polar surface area (TPSA) is 12.0 Å². The number of halogens is 3. The molecule has 0 aromatic heterocycles. The van der Waals surface area contributed by atoms with Gasteiger partial charge in [0, 0.05) is 9.50 Å². The summed E-state index contributed by atoms with van der Waals surface area (Å²) in [5.74, 6) is 0. The predicted octanol–water partition coefficient (Wildman–Crippen LogP) is 5.45. The second kappa shape index (κ2) is 6.76. The highest BCUT2D eigenvalue weighted by molar-refractivity contribution is 9.10. The Labute approximate surface area is 132 Å². The van der Waals surface area contributed by atoms with Gasteiger partial charge in [-0.2, -0.15) is 0 Å². The molecule has 2 aromatic rings. The standard InChI is InChI=1S/C15H14BrCl2N/c1-2-19-15(10-3-6-12(17)7-4-10)11-5-8-13(16)14(18)9-11/h3-9,15,19H,2H2,1H3. The number of hydrogen-bond donors (Lipinski definition) is 1. The maximum atomic E-state index is 6.17. The van der Waals surface area contributed by atoms with E-state index < -0.39 is 0 Å². The molecule has 19 heavy (non-hydrogen) atoms. The van der Waals surface area contributed by atoms with Gasteiger partial charge in [0.1, 0.15) is 0 Å². The predicted molar refractivity (Wildman–Crippen MR) is 86.1 cm³/mol. The van der Waals surface area contributed by atoms with E-state index in [2.05, 4.69) is 34.2 Å². The Balaban J connectivity index is 2.38. The quantitative estimate of drug-likeness (QED) is 0.765. The largest absolute Gasteiger partial charge is 0.307 e. The highest BCUT2D eigenvalue weighted by atomic mass is 79.9. The fourth-order valence-corrected chi connectivity index (χ4v) is 2.54. The summed E-state index contributed by atoms with van der Waals surface area (Å²) in [6.07, 6.45) is 0. The number of hydrogen-bond acceptors (Lipinski definition) is 1. The molecule has 2 rings (SSSR count). The van der Waals surface area contributed by atoms with E-state index in [1.54, 1.807) is 0 Å². The summed E-state index contributed by atoms with van der Waals surface area (Å²) >= 11 is 15.5. The summed E-state index contributed by atoms with van der Waals surface area (Å²) in [5.41, 5.74) is 2.31. The third-order valence-electron chi connectivity index (χ3n) is 2.89. The van der Waals surface area contributed by atoms with Crippen LogP contribution in [0, 0.1) is 0 Å². The van der Waals surface area contributed by atoms with Gasteiger partial charge < -0.3 is 5.32 Å². The summed E-state index contributed by atoms with van der Waals surface area (Å²) < 4.78 is 0.907. The van der Waals surface area contributed by atoms with Crippen LogP contribution in [-0.4, -0.2) is 6.54 Å². The minimum Gasteiger partial charge on any atom is -0.307 e. The van der Waals surface area contributed by atoms with Crippen LogP contribution in [0.1, 0.15) is 24.1 Å². The van der Waals surface area contributed by atoms with Crippen molar-refractivity contribution in [3.8, 4) is 0 Å². The van der Waals surface area contributed by atoms with E-state index in [1.807, 2.05) is 36.4 Å². The molecule has 2 aromatic carbocycles. The summed E-state index contributed by atoms with van der Waals surface area (Å²) in [6, 6.07) is 14.0. The Morgan fingerprint density at radius 1 is 1.05 bits per heavy atom. The van der Waals surface area contributed by atoms with Crippen LogP contribution in [0.25, 0.3) is 0 Å². The molecule has 1 nitrogen and oxygen atoms in total. The van der Waals surface area contributed by atoms with E-state index in [1.165, 1.54) is 5.56 Å². The van der Waals surface area contributed by atoms with Gasteiger partial charge in [-0.25, -0.2) is 0 Å². The lowest BCUT2D eigenvalue weighted by Gasteiger charge is -2.19. The molecule has 0 amide bonds. The number of rotatable bonds is 4. The average Bonchev–Trinajstić information content (AvgIpc) is 2.41. The van der Waals surface area contributed by atoms with Crippen LogP contribution in [0.2, 0.25) is 10.0 Å². The zero-order valence-corrected chi connectivity index (χ0v) is 13.6. The normalized spacial score (nSPS) is 12.4. The van der Waals surface area contributed by atoms with Crippen molar-refractivity contribution in [1.82, 2.24) is 5.32 Å². The van der Waals surface area contributed by atoms with Crippen LogP contribution < -0.4 is 5.32 Å². The molecular formula is C15H14BrCl2N. The lowest BCUT2D eigenvalue weighted by atomic mass is 9.99. The number of nitrogens with one attached hydrogen (secondary N) is 1. The van der Waals surface area contributed by atoms with E-state index in [9.17, 15) is 0 Å². The molecule has 1 unspecified atom stereocenters. The maximum Gasteiger partial charge on any atom is 0.0577 e. The molecule has 4 heteroatoms. The third-order valence-corrected chi connectivity index (χ3v) is 4.37. The van der Waals surface area contributed by atoms with E-state index in [4.69, 9.17) is 23.2 Å². The van der Waals surface area contributed by atoms with Crippen LogP contribution >= 0.6 is 39.1 Å². The Morgan fingerprint density at radius 2 is 1.68 bits per heavy atom. The minimum absolute atomic E-state index is 0.118. The molecule has 0 fully saturated rings. The smallest absolute Gasteiger partial charge is 0.0577 e. The van der Waals surface area contributed by atoms with Crippen LogP contribution in [0.4, 0.5) is 0 Å². The van der Waals surface area contributed by atoms with Crippen molar-refractivity contribution < 1.29 is 0 Å². The summed E-state index contributed by atoms with van der Waals surface area (Å²) in [5, 5.41) is 4.92. The summed E-state index contributed by atoms with van der Waals surface area (Å²) in [7, 11) is 0. The SMILES string of the molecule is CCNC(c1ccc(Cl)cc1)c1ccc(Br)c(Cl)c1. The average molecular weight is 359 g/mol. The van der Waals surface area contributed by atoms with Gasteiger partial charge in [0.2, 0.25) is 0 Å². The number of benzene rings is 2. The molecule has 0 saturated carbocycles. The van der Waals surface area contributed by atoms with Crippen LogP contribution in [0.3, 0.4) is 0 Å². The maximum absolute atomic E-state index is 6.17. The Hall–Kier alpha value is -0.540. The monoisotopic (exact) mass is 357 g/mol. The van der Waals surface area contributed by atoms with Crippen molar-refractivity contribution in [3.63, 3.8) is 0 Å². The Kier molecular flexibility index (Phi) is 5.28. The fourth-order valence-electron chi connectivity index (χ4n) is 1.98. The molecule has 1 N–H and O–H groups in total. The van der Waals surface area contributed by atoms with Gasteiger partial charge in [0.15, 0.2) is 0 Å². The first kappa shape index (κ1) is 14.9. The second-order valence-corrected chi connectivity index (χ2v) is 5.91. The molecule has 0 spiro atoms. The van der Waals surface area contributed by atoms with E-state index in [0.29, 0.717) is 0 Å². The first-order chi connectivity index (χ1) is 9.11. The van der Waals surface area contributed by atoms with Gasteiger partial charge in [0.05, 0.1) is 11.1 Å². The van der Waals surface area contributed by atoms with E-state index in [-0.39, 0.29) is 6.04 Å². The van der Waals surface area contributed by atoms with E-state index in [0.717, 1.165) is 26.6 Å². The molecule has 1 atom stereocenters. The van der Waals surface area contributed by atoms with Crippen molar-refractivity contribution in [1.29, 1.82) is 0 Å². The van der Waals surface area contributed by atoms with Gasteiger partial charge in [-0.1, -0.05) is 48.3 Å². The van der Waals surface area contributed by atoms with Gasteiger partial charge in [0.25, 0.3) is 0 Å².